The fourth-order valence-corrected chi connectivity index (χ4v) is 1.02. The molecule has 0 spiro atoms. The van der Waals surface area contributed by atoms with Crippen molar-refractivity contribution in [2.75, 3.05) is 0 Å². The first kappa shape index (κ1) is 11.2. The molecule has 0 aromatic carbocycles. The van der Waals surface area contributed by atoms with E-state index in [1.807, 2.05) is 13.8 Å². The smallest absolute Gasteiger partial charge is 0.354 e. The molecule has 82 valence electrons. The van der Waals surface area contributed by atoms with Gasteiger partial charge in [0.1, 0.15) is 0 Å². The van der Waals surface area contributed by atoms with Crippen molar-refractivity contribution in [2.45, 2.75) is 26.3 Å². The third-order valence-corrected chi connectivity index (χ3v) is 2.06. The van der Waals surface area contributed by atoms with Crippen LogP contribution in [0.15, 0.2) is 6.33 Å². The van der Waals surface area contributed by atoms with Gasteiger partial charge in [-0.1, -0.05) is 6.92 Å². The fourth-order valence-electron chi connectivity index (χ4n) is 1.02. The molecule has 15 heavy (non-hydrogen) atoms. The number of imidazole rings is 1. The molecule has 0 saturated heterocycles. The summed E-state index contributed by atoms with van der Waals surface area (Å²) in [7, 11) is 0. The van der Waals surface area contributed by atoms with Crippen LogP contribution in [0.5, 0.6) is 0 Å². The maximum absolute atomic E-state index is 11.5. The minimum atomic E-state index is -1.19. The number of H-pyrrole nitrogens is 1. The third-order valence-electron chi connectivity index (χ3n) is 2.06. The normalized spacial score (nSPS) is 12.1. The van der Waals surface area contributed by atoms with Crippen LogP contribution in [-0.2, 0) is 0 Å². The van der Waals surface area contributed by atoms with Crippen molar-refractivity contribution in [3.63, 3.8) is 0 Å². The van der Waals surface area contributed by atoms with Gasteiger partial charge >= 0.3 is 5.97 Å². The predicted octanol–water partition coefficient (Wildman–Crippen LogP) is 0.636. The number of carbonyl (C=O) groups excluding carboxylic acids is 1. The van der Waals surface area contributed by atoms with Crippen LogP contribution in [0.2, 0.25) is 0 Å². The first-order chi connectivity index (χ1) is 7.06. The van der Waals surface area contributed by atoms with Crippen LogP contribution in [0.25, 0.3) is 0 Å². The van der Waals surface area contributed by atoms with Gasteiger partial charge in [0.05, 0.1) is 6.33 Å². The van der Waals surface area contributed by atoms with E-state index in [2.05, 4.69) is 15.3 Å². The molecule has 6 nitrogen and oxygen atoms in total. The van der Waals surface area contributed by atoms with E-state index in [1.54, 1.807) is 0 Å². The molecular weight excluding hydrogens is 198 g/mol. The van der Waals surface area contributed by atoms with Crippen molar-refractivity contribution in [1.29, 1.82) is 0 Å². The van der Waals surface area contributed by atoms with Crippen LogP contribution in [0, 0.1) is 0 Å². The van der Waals surface area contributed by atoms with E-state index in [4.69, 9.17) is 5.11 Å². The molecule has 0 bridgehead atoms. The summed E-state index contributed by atoms with van der Waals surface area (Å²) in [5.41, 5.74) is -0.265. The van der Waals surface area contributed by atoms with Crippen LogP contribution in [0.3, 0.4) is 0 Å². The summed E-state index contributed by atoms with van der Waals surface area (Å²) >= 11 is 0. The lowest BCUT2D eigenvalue weighted by Gasteiger charge is -2.09. The van der Waals surface area contributed by atoms with Gasteiger partial charge in [-0.3, -0.25) is 4.79 Å². The zero-order valence-corrected chi connectivity index (χ0v) is 8.57. The van der Waals surface area contributed by atoms with E-state index in [0.717, 1.165) is 6.42 Å². The molecule has 0 aliphatic rings. The summed E-state index contributed by atoms with van der Waals surface area (Å²) in [6.45, 7) is 3.76. The molecular formula is C9H13N3O3. The average molecular weight is 211 g/mol. The molecule has 0 saturated carbocycles. The van der Waals surface area contributed by atoms with E-state index >= 15 is 0 Å². The molecule has 3 N–H and O–H groups in total. The summed E-state index contributed by atoms with van der Waals surface area (Å²) in [5.74, 6) is -1.66. The summed E-state index contributed by atoms with van der Waals surface area (Å²) in [6, 6.07) is -0.00385. The number of nitrogens with one attached hydrogen (secondary N) is 2. The van der Waals surface area contributed by atoms with Gasteiger partial charge in [-0.05, 0) is 13.3 Å². The van der Waals surface area contributed by atoms with Crippen LogP contribution in [0.4, 0.5) is 0 Å². The number of carbonyl (C=O) groups is 2. The minimum Gasteiger partial charge on any atom is -0.477 e. The van der Waals surface area contributed by atoms with Crippen molar-refractivity contribution >= 4 is 11.9 Å². The van der Waals surface area contributed by atoms with Gasteiger partial charge in [-0.25, -0.2) is 9.78 Å². The highest BCUT2D eigenvalue weighted by Gasteiger charge is 2.20. The second-order valence-corrected chi connectivity index (χ2v) is 3.21. The monoisotopic (exact) mass is 211 g/mol. The van der Waals surface area contributed by atoms with Gasteiger partial charge in [0.2, 0.25) is 0 Å². The van der Waals surface area contributed by atoms with Crippen molar-refractivity contribution < 1.29 is 14.7 Å². The molecule has 1 rings (SSSR count). The van der Waals surface area contributed by atoms with E-state index in [0.29, 0.717) is 0 Å². The van der Waals surface area contributed by atoms with Gasteiger partial charge in [-0.15, -0.1) is 0 Å². The van der Waals surface area contributed by atoms with Crippen molar-refractivity contribution in [2.24, 2.45) is 0 Å². The van der Waals surface area contributed by atoms with Crippen LogP contribution >= 0.6 is 0 Å². The van der Waals surface area contributed by atoms with Crippen molar-refractivity contribution in [1.82, 2.24) is 15.3 Å². The van der Waals surface area contributed by atoms with Crippen LogP contribution < -0.4 is 5.32 Å². The van der Waals surface area contributed by atoms with E-state index in [9.17, 15) is 9.59 Å². The number of carboxylic acid groups (broad SMARTS) is 1. The van der Waals surface area contributed by atoms with E-state index in [1.165, 1.54) is 6.33 Å². The number of carboxylic acids is 1. The highest BCUT2D eigenvalue weighted by Crippen LogP contribution is 2.03. The quantitative estimate of drug-likeness (QED) is 0.680. The van der Waals surface area contributed by atoms with Crippen molar-refractivity contribution in [3.05, 3.63) is 17.7 Å². The Morgan fingerprint density at radius 1 is 1.67 bits per heavy atom. The summed E-state index contributed by atoms with van der Waals surface area (Å²) in [5, 5.41) is 11.4. The second-order valence-electron chi connectivity index (χ2n) is 3.21. The SMILES string of the molecule is CCC(C)NC(=O)c1nc[nH]c1C(=O)O. The fraction of sp³-hybridized carbons (Fsp3) is 0.444. The Bertz CT molecular complexity index is 372. The molecule has 1 amide bonds. The topological polar surface area (TPSA) is 95.1 Å². The Kier molecular flexibility index (Phi) is 3.43. The number of hydrogen-bond acceptors (Lipinski definition) is 3. The summed E-state index contributed by atoms with van der Waals surface area (Å²) in [4.78, 5) is 28.3. The maximum Gasteiger partial charge on any atom is 0.354 e. The standard InChI is InChI=1S/C9H13N3O3/c1-3-5(2)12-8(13)6-7(9(14)15)11-4-10-6/h4-5H,3H2,1-2H3,(H,10,11)(H,12,13)(H,14,15). The van der Waals surface area contributed by atoms with Crippen LogP contribution in [-0.4, -0.2) is 33.0 Å². The van der Waals surface area contributed by atoms with Gasteiger partial charge in [-0.2, -0.15) is 0 Å². The molecule has 1 aromatic heterocycles. The lowest BCUT2D eigenvalue weighted by molar-refractivity contribution is 0.0684. The van der Waals surface area contributed by atoms with E-state index in [-0.39, 0.29) is 17.4 Å². The molecule has 1 atom stereocenters. The Morgan fingerprint density at radius 3 is 2.87 bits per heavy atom. The molecule has 6 heteroatoms. The van der Waals surface area contributed by atoms with Crippen molar-refractivity contribution in [3.8, 4) is 0 Å². The Hall–Kier alpha value is -1.85. The van der Waals surface area contributed by atoms with Gasteiger partial charge in [0, 0.05) is 6.04 Å². The molecule has 0 aliphatic heterocycles. The van der Waals surface area contributed by atoms with Gasteiger partial charge < -0.3 is 15.4 Å². The Labute approximate surface area is 86.7 Å². The zero-order chi connectivity index (χ0) is 11.4. The number of amides is 1. The Balaban J connectivity index is 2.82. The predicted molar refractivity (Wildman–Crippen MR) is 52.8 cm³/mol. The molecule has 1 heterocycles. The number of aromatic carboxylic acids is 1. The summed E-state index contributed by atoms with van der Waals surface area (Å²) in [6.07, 6.45) is 1.97. The number of aromatic amines is 1. The van der Waals surface area contributed by atoms with E-state index < -0.39 is 11.9 Å². The number of aromatic nitrogens is 2. The minimum absolute atomic E-state index is 0.00385. The first-order valence-corrected chi connectivity index (χ1v) is 4.63. The molecule has 0 aliphatic carbocycles. The number of nitrogens with zero attached hydrogens (tertiary/aromatic N) is 1. The second kappa shape index (κ2) is 4.59. The summed E-state index contributed by atoms with van der Waals surface area (Å²) < 4.78 is 0. The molecule has 1 unspecified atom stereocenters. The largest absolute Gasteiger partial charge is 0.477 e. The lowest BCUT2D eigenvalue weighted by Crippen LogP contribution is -2.33. The molecule has 0 radical (unpaired) electrons. The Morgan fingerprint density at radius 2 is 2.33 bits per heavy atom. The third kappa shape index (κ3) is 2.55. The van der Waals surface area contributed by atoms with Gasteiger partial charge in [0.15, 0.2) is 11.4 Å². The highest BCUT2D eigenvalue weighted by molar-refractivity contribution is 6.02. The molecule has 1 aromatic rings. The first-order valence-electron chi connectivity index (χ1n) is 4.63. The molecule has 0 fully saturated rings. The maximum atomic E-state index is 11.5. The average Bonchev–Trinajstić information content (AvgIpc) is 2.65. The highest BCUT2D eigenvalue weighted by atomic mass is 16.4. The van der Waals surface area contributed by atoms with Gasteiger partial charge in [0.25, 0.3) is 5.91 Å². The lowest BCUT2D eigenvalue weighted by atomic mass is 10.2. The number of hydrogen-bond donors (Lipinski definition) is 3. The zero-order valence-electron chi connectivity index (χ0n) is 8.57. The number of rotatable bonds is 4. The van der Waals surface area contributed by atoms with Crippen LogP contribution in [0.1, 0.15) is 41.2 Å².